The van der Waals surface area contributed by atoms with Gasteiger partial charge in [0, 0.05) is 49.3 Å². The smallest absolute Gasteiger partial charge is 0.239 e. The summed E-state index contributed by atoms with van der Waals surface area (Å²) in [5.74, 6) is 0.571. The Morgan fingerprint density at radius 2 is 1.77 bits per heavy atom. The lowest BCUT2D eigenvalue weighted by atomic mass is 10.1. The molecule has 1 amide bonds. The molecule has 3 aromatic rings. The third-order valence-electron chi connectivity index (χ3n) is 5.14. The van der Waals surface area contributed by atoms with Gasteiger partial charge in [-0.1, -0.05) is 24.3 Å². The van der Waals surface area contributed by atoms with E-state index in [-0.39, 0.29) is 5.91 Å². The van der Waals surface area contributed by atoms with Crippen molar-refractivity contribution in [2.75, 3.05) is 36.4 Å². The fourth-order valence-corrected chi connectivity index (χ4v) is 3.50. The summed E-state index contributed by atoms with van der Waals surface area (Å²) in [5, 5.41) is 3.26. The van der Waals surface area contributed by atoms with E-state index in [2.05, 4.69) is 38.4 Å². The highest BCUT2D eigenvalue weighted by molar-refractivity contribution is 5.81. The van der Waals surface area contributed by atoms with Gasteiger partial charge in [0.25, 0.3) is 0 Å². The lowest BCUT2D eigenvalue weighted by Crippen LogP contribution is -2.52. The largest absolute Gasteiger partial charge is 0.368 e. The van der Waals surface area contributed by atoms with Crippen LogP contribution in [0, 0.1) is 6.07 Å². The Balaban J connectivity index is 1.39. The highest BCUT2D eigenvalue weighted by Gasteiger charge is 2.23. The zero-order chi connectivity index (χ0) is 20.9. The van der Waals surface area contributed by atoms with Crippen molar-refractivity contribution in [3.63, 3.8) is 0 Å². The van der Waals surface area contributed by atoms with Crippen LogP contribution in [0.2, 0.25) is 0 Å². The number of hydrogen-bond donors (Lipinski definition) is 2. The van der Waals surface area contributed by atoms with Crippen molar-refractivity contribution in [1.82, 2.24) is 14.9 Å². The van der Waals surface area contributed by atoms with E-state index in [1.807, 2.05) is 47.4 Å². The standard InChI is InChI=1S/C23H25N6O/c1-17(24)22(30)29-15-13-28(14-16-29)20-9-7-19(8-10-20)26-23-25-12-11-21(27-23)18-5-3-2-4-6-18/h3-12,17H,13-16,24H2,1H3,(H,25,26,27)/t17-/m1/s1. The van der Waals surface area contributed by atoms with Gasteiger partial charge in [-0.3, -0.25) is 4.79 Å². The van der Waals surface area contributed by atoms with Gasteiger partial charge >= 0.3 is 0 Å². The second-order valence-corrected chi connectivity index (χ2v) is 7.33. The molecule has 0 saturated carbocycles. The number of nitrogens with zero attached hydrogens (tertiary/aromatic N) is 4. The molecule has 1 aliphatic rings. The summed E-state index contributed by atoms with van der Waals surface area (Å²) in [4.78, 5) is 25.1. The molecule has 1 atom stereocenters. The monoisotopic (exact) mass is 401 g/mol. The molecule has 153 valence electrons. The van der Waals surface area contributed by atoms with Crippen LogP contribution in [0.1, 0.15) is 6.92 Å². The van der Waals surface area contributed by atoms with E-state index in [1.165, 1.54) is 0 Å². The zero-order valence-corrected chi connectivity index (χ0v) is 17.0. The van der Waals surface area contributed by atoms with Gasteiger partial charge in [0.2, 0.25) is 11.9 Å². The first kappa shape index (κ1) is 19.8. The van der Waals surface area contributed by atoms with Crippen LogP contribution in [-0.4, -0.2) is 53.0 Å². The molecule has 4 rings (SSSR count). The molecule has 2 aromatic carbocycles. The van der Waals surface area contributed by atoms with Crippen LogP contribution < -0.4 is 16.0 Å². The second-order valence-electron chi connectivity index (χ2n) is 7.33. The van der Waals surface area contributed by atoms with E-state index in [9.17, 15) is 4.79 Å². The van der Waals surface area contributed by atoms with Crippen LogP contribution in [0.25, 0.3) is 11.3 Å². The van der Waals surface area contributed by atoms with E-state index in [4.69, 9.17) is 5.73 Å². The first-order chi connectivity index (χ1) is 14.6. The summed E-state index contributed by atoms with van der Waals surface area (Å²) >= 11 is 0. The minimum absolute atomic E-state index is 0.0186. The number of benzene rings is 2. The number of anilines is 3. The number of hydrogen-bond acceptors (Lipinski definition) is 6. The van der Waals surface area contributed by atoms with E-state index < -0.39 is 6.04 Å². The molecule has 1 radical (unpaired) electrons. The molecule has 3 N–H and O–H groups in total. The molecule has 30 heavy (non-hydrogen) atoms. The van der Waals surface area contributed by atoms with E-state index in [1.54, 1.807) is 13.1 Å². The molecule has 1 saturated heterocycles. The van der Waals surface area contributed by atoms with Crippen molar-refractivity contribution in [1.29, 1.82) is 0 Å². The average Bonchev–Trinajstić information content (AvgIpc) is 2.80. The van der Waals surface area contributed by atoms with Crippen LogP contribution in [-0.2, 0) is 4.79 Å². The summed E-state index contributed by atoms with van der Waals surface area (Å²) in [5.41, 5.74) is 9.64. The summed E-state index contributed by atoms with van der Waals surface area (Å²) in [6.07, 6.45) is 1.75. The van der Waals surface area contributed by atoms with Gasteiger partial charge in [-0.2, -0.15) is 0 Å². The number of rotatable bonds is 5. The average molecular weight is 401 g/mol. The molecule has 1 fully saturated rings. The molecule has 1 aromatic heterocycles. The van der Waals surface area contributed by atoms with Crippen molar-refractivity contribution in [3.8, 4) is 11.3 Å². The number of carbonyl (C=O) groups excluding carboxylic acids is 1. The van der Waals surface area contributed by atoms with Gasteiger partial charge in [0.1, 0.15) is 0 Å². The maximum absolute atomic E-state index is 12.0. The van der Waals surface area contributed by atoms with Crippen LogP contribution in [0.15, 0.2) is 60.8 Å². The summed E-state index contributed by atoms with van der Waals surface area (Å²) in [6, 6.07) is 20.3. The minimum atomic E-state index is -0.442. The van der Waals surface area contributed by atoms with Gasteiger partial charge in [0.05, 0.1) is 11.7 Å². The van der Waals surface area contributed by atoms with Gasteiger partial charge in [-0.25, -0.2) is 9.97 Å². The first-order valence-corrected chi connectivity index (χ1v) is 10.1. The topological polar surface area (TPSA) is 87.4 Å². The Kier molecular flexibility index (Phi) is 5.90. The molecule has 0 bridgehead atoms. The van der Waals surface area contributed by atoms with Gasteiger partial charge in [0.15, 0.2) is 0 Å². The minimum Gasteiger partial charge on any atom is -0.368 e. The highest BCUT2D eigenvalue weighted by Crippen LogP contribution is 2.22. The number of aromatic nitrogens is 2. The highest BCUT2D eigenvalue weighted by atomic mass is 16.2. The number of nitrogens with two attached hydrogens (primary N) is 1. The molecular formula is C23H25N6O. The summed E-state index contributed by atoms with van der Waals surface area (Å²) < 4.78 is 0. The van der Waals surface area contributed by atoms with E-state index in [0.717, 1.165) is 35.7 Å². The van der Waals surface area contributed by atoms with Crippen LogP contribution in [0.3, 0.4) is 0 Å². The van der Waals surface area contributed by atoms with Gasteiger partial charge in [-0.15, -0.1) is 0 Å². The summed E-state index contributed by atoms with van der Waals surface area (Å²) in [6.45, 7) is 4.71. The third-order valence-corrected chi connectivity index (χ3v) is 5.14. The fourth-order valence-electron chi connectivity index (χ4n) is 3.50. The molecule has 0 aliphatic carbocycles. The number of carbonyl (C=O) groups is 1. The molecule has 0 spiro atoms. The Morgan fingerprint density at radius 3 is 2.43 bits per heavy atom. The number of nitrogens with one attached hydrogen (secondary N) is 1. The fraction of sp³-hybridized carbons (Fsp3) is 0.261. The molecule has 7 nitrogen and oxygen atoms in total. The predicted octanol–water partition coefficient (Wildman–Crippen LogP) is 2.68. The lowest BCUT2D eigenvalue weighted by Gasteiger charge is -2.36. The normalized spacial score (nSPS) is 15.0. The summed E-state index contributed by atoms with van der Waals surface area (Å²) in [7, 11) is 0. The Hall–Kier alpha value is -3.45. The van der Waals surface area contributed by atoms with Crippen molar-refractivity contribution >= 4 is 23.2 Å². The maximum atomic E-state index is 12.0. The van der Waals surface area contributed by atoms with Gasteiger partial charge in [-0.05, 0) is 43.3 Å². The van der Waals surface area contributed by atoms with Crippen molar-refractivity contribution in [2.24, 2.45) is 5.73 Å². The third kappa shape index (κ3) is 4.58. The Morgan fingerprint density at radius 1 is 1.07 bits per heavy atom. The number of amides is 1. The van der Waals surface area contributed by atoms with Crippen molar-refractivity contribution in [3.05, 3.63) is 66.9 Å². The number of piperazine rings is 1. The van der Waals surface area contributed by atoms with Crippen LogP contribution >= 0.6 is 0 Å². The SMILES string of the molecule is C[C@@H](N)C(=O)N1CCN(c2ccc(Nc3nccc(-c4cc[c]cc4)n3)cc2)CC1. The quantitative estimate of drug-likeness (QED) is 0.684. The van der Waals surface area contributed by atoms with Gasteiger partial charge < -0.3 is 20.9 Å². The van der Waals surface area contributed by atoms with Crippen LogP contribution in [0.4, 0.5) is 17.3 Å². The molecule has 7 heteroatoms. The Labute approximate surface area is 176 Å². The van der Waals surface area contributed by atoms with E-state index in [0.29, 0.717) is 19.0 Å². The first-order valence-electron chi connectivity index (χ1n) is 10.1. The van der Waals surface area contributed by atoms with Crippen LogP contribution in [0.5, 0.6) is 0 Å². The van der Waals surface area contributed by atoms with E-state index >= 15 is 0 Å². The van der Waals surface area contributed by atoms with Crippen molar-refractivity contribution in [2.45, 2.75) is 13.0 Å². The second kappa shape index (κ2) is 8.92. The molecular weight excluding hydrogens is 376 g/mol. The Bertz CT molecular complexity index is 982. The molecule has 2 heterocycles. The predicted molar refractivity (Wildman–Crippen MR) is 118 cm³/mol. The lowest BCUT2D eigenvalue weighted by molar-refractivity contribution is -0.132. The zero-order valence-electron chi connectivity index (χ0n) is 17.0. The van der Waals surface area contributed by atoms with Crippen molar-refractivity contribution < 1.29 is 4.79 Å². The maximum Gasteiger partial charge on any atom is 0.239 e. The molecule has 0 unspecified atom stereocenters. The molecule has 1 aliphatic heterocycles.